The first-order valence-electron chi connectivity index (χ1n) is 10.4. The molecule has 1 heterocycles. The topological polar surface area (TPSA) is 90.8 Å². The minimum absolute atomic E-state index is 0.110. The van der Waals surface area contributed by atoms with Crippen LogP contribution in [-0.2, 0) is 4.79 Å². The lowest BCUT2D eigenvalue weighted by Crippen LogP contribution is -2.41. The molecule has 9 heteroatoms. The molecule has 30 heavy (non-hydrogen) atoms. The molecular formula is C21H29Cl2N3O3S. The summed E-state index contributed by atoms with van der Waals surface area (Å²) in [6, 6.07) is 3.78. The molecule has 0 aliphatic carbocycles. The van der Waals surface area contributed by atoms with Gasteiger partial charge in [0.1, 0.15) is 6.04 Å². The van der Waals surface area contributed by atoms with Crippen molar-refractivity contribution in [2.24, 2.45) is 4.99 Å². The standard InChI is InChI=1S/C21H29Cl2N3O3S/c22-15-9-7-10-16(23)18(15)19(27)26-17(20(28)29)11-5-3-1-2-4-6-12-24-21-25-13-8-14-30-21/h7,9-10,17H,1-6,8,11-14H2,(H,24,25)(H,26,27)(H,28,29)/t17-/m1/s1. The lowest BCUT2D eigenvalue weighted by Gasteiger charge is -2.15. The van der Waals surface area contributed by atoms with Gasteiger partial charge in [-0.3, -0.25) is 9.79 Å². The Morgan fingerprint density at radius 2 is 1.77 bits per heavy atom. The molecule has 1 atom stereocenters. The molecule has 0 saturated heterocycles. The second kappa shape index (κ2) is 13.8. The number of benzene rings is 1. The zero-order valence-corrected chi connectivity index (χ0v) is 19.3. The highest BCUT2D eigenvalue weighted by molar-refractivity contribution is 8.13. The summed E-state index contributed by atoms with van der Waals surface area (Å²) in [5, 5.41) is 16.8. The van der Waals surface area contributed by atoms with Gasteiger partial charge < -0.3 is 15.7 Å². The van der Waals surface area contributed by atoms with Gasteiger partial charge in [-0.05, 0) is 31.4 Å². The van der Waals surface area contributed by atoms with E-state index in [0.29, 0.717) is 6.42 Å². The number of unbranched alkanes of at least 4 members (excludes halogenated alkanes) is 5. The van der Waals surface area contributed by atoms with E-state index in [4.69, 9.17) is 23.2 Å². The maximum atomic E-state index is 12.4. The molecule has 1 amide bonds. The van der Waals surface area contributed by atoms with E-state index in [1.54, 1.807) is 30.0 Å². The summed E-state index contributed by atoms with van der Waals surface area (Å²) in [6.45, 7) is 1.88. The van der Waals surface area contributed by atoms with Crippen LogP contribution < -0.4 is 10.6 Å². The molecular weight excluding hydrogens is 445 g/mol. The Hall–Kier alpha value is -1.44. The summed E-state index contributed by atoms with van der Waals surface area (Å²) in [5.41, 5.74) is 0.110. The first kappa shape index (κ1) is 24.8. The van der Waals surface area contributed by atoms with E-state index in [2.05, 4.69) is 15.6 Å². The van der Waals surface area contributed by atoms with Gasteiger partial charge in [-0.2, -0.15) is 0 Å². The highest BCUT2D eigenvalue weighted by Crippen LogP contribution is 2.24. The Morgan fingerprint density at radius 1 is 1.10 bits per heavy atom. The maximum Gasteiger partial charge on any atom is 0.326 e. The normalized spacial score (nSPS) is 14.7. The third-order valence-corrected chi connectivity index (χ3v) is 6.46. The summed E-state index contributed by atoms with van der Waals surface area (Å²) >= 11 is 13.8. The largest absolute Gasteiger partial charge is 0.480 e. The number of nitrogens with zero attached hydrogens (tertiary/aromatic N) is 1. The Kier molecular flexibility index (Phi) is 11.4. The average Bonchev–Trinajstić information content (AvgIpc) is 2.72. The molecule has 1 aliphatic rings. The van der Waals surface area contributed by atoms with Gasteiger partial charge >= 0.3 is 5.97 Å². The molecule has 0 radical (unpaired) electrons. The molecule has 0 saturated carbocycles. The molecule has 1 aromatic carbocycles. The number of hydrogen-bond acceptors (Lipinski definition) is 5. The lowest BCUT2D eigenvalue weighted by atomic mass is 10.0. The fraction of sp³-hybridized carbons (Fsp3) is 0.571. The van der Waals surface area contributed by atoms with Gasteiger partial charge in [0.05, 0.1) is 15.6 Å². The number of carbonyl (C=O) groups is 2. The molecule has 0 spiro atoms. The molecule has 6 nitrogen and oxygen atoms in total. The summed E-state index contributed by atoms with van der Waals surface area (Å²) in [6.07, 6.45) is 7.60. The van der Waals surface area contributed by atoms with Crippen LogP contribution in [-0.4, -0.2) is 47.0 Å². The van der Waals surface area contributed by atoms with Crippen molar-refractivity contribution in [3.8, 4) is 0 Å². The number of carboxylic acids is 1. The van der Waals surface area contributed by atoms with Gasteiger partial charge in [-0.15, -0.1) is 0 Å². The van der Waals surface area contributed by atoms with Crippen LogP contribution >= 0.6 is 35.0 Å². The SMILES string of the molecule is O=C(N[C@H](CCCCCCCCNC1=NCCCS1)C(=O)O)c1c(Cl)cccc1Cl. The monoisotopic (exact) mass is 473 g/mol. The number of aliphatic imine (C=N–C) groups is 1. The first-order chi connectivity index (χ1) is 14.5. The number of rotatable bonds is 12. The lowest BCUT2D eigenvalue weighted by molar-refractivity contribution is -0.139. The predicted octanol–water partition coefficient (Wildman–Crippen LogP) is 4.99. The second-order valence-corrected chi connectivity index (χ2v) is 9.08. The van der Waals surface area contributed by atoms with Crippen LogP contribution in [0, 0.1) is 0 Å². The van der Waals surface area contributed by atoms with Crippen LogP contribution in [0.25, 0.3) is 0 Å². The second-order valence-electron chi connectivity index (χ2n) is 7.19. The number of amides is 1. The van der Waals surface area contributed by atoms with Gasteiger partial charge in [0.25, 0.3) is 5.91 Å². The molecule has 0 bridgehead atoms. The van der Waals surface area contributed by atoms with Gasteiger partial charge in [0.2, 0.25) is 0 Å². The smallest absolute Gasteiger partial charge is 0.326 e. The molecule has 1 aliphatic heterocycles. The number of halogens is 2. The number of hydrogen-bond donors (Lipinski definition) is 3. The van der Waals surface area contributed by atoms with Gasteiger partial charge in [0, 0.05) is 18.8 Å². The molecule has 2 rings (SSSR count). The van der Waals surface area contributed by atoms with Crippen molar-refractivity contribution in [1.29, 1.82) is 0 Å². The van der Waals surface area contributed by atoms with Gasteiger partial charge in [-0.25, -0.2) is 4.79 Å². The fourth-order valence-electron chi connectivity index (χ4n) is 3.14. The number of nitrogens with one attached hydrogen (secondary N) is 2. The fourth-order valence-corrected chi connectivity index (χ4v) is 4.57. The van der Waals surface area contributed by atoms with Crippen LogP contribution in [0.1, 0.15) is 61.7 Å². The van der Waals surface area contributed by atoms with Gasteiger partial charge in [0.15, 0.2) is 5.17 Å². The van der Waals surface area contributed by atoms with Crippen LogP contribution in [0.15, 0.2) is 23.2 Å². The summed E-state index contributed by atoms with van der Waals surface area (Å²) in [4.78, 5) is 28.3. The average molecular weight is 474 g/mol. The Labute approximate surface area is 192 Å². The predicted molar refractivity (Wildman–Crippen MR) is 125 cm³/mol. The van der Waals surface area contributed by atoms with Crippen molar-refractivity contribution in [2.45, 2.75) is 57.4 Å². The number of aliphatic carboxylic acids is 1. The van der Waals surface area contributed by atoms with E-state index in [-0.39, 0.29) is 15.6 Å². The van der Waals surface area contributed by atoms with Crippen LogP contribution in [0.4, 0.5) is 0 Å². The van der Waals surface area contributed by atoms with Crippen molar-refractivity contribution < 1.29 is 14.7 Å². The zero-order chi connectivity index (χ0) is 21.8. The van der Waals surface area contributed by atoms with E-state index >= 15 is 0 Å². The van der Waals surface area contributed by atoms with E-state index in [1.165, 1.54) is 0 Å². The zero-order valence-electron chi connectivity index (χ0n) is 17.0. The van der Waals surface area contributed by atoms with E-state index in [1.807, 2.05) is 0 Å². The van der Waals surface area contributed by atoms with E-state index in [9.17, 15) is 14.7 Å². The maximum absolute atomic E-state index is 12.4. The van der Waals surface area contributed by atoms with Crippen molar-refractivity contribution in [3.63, 3.8) is 0 Å². The summed E-state index contributed by atoms with van der Waals surface area (Å²) in [7, 11) is 0. The van der Waals surface area contributed by atoms with E-state index in [0.717, 1.165) is 69.0 Å². The molecule has 0 unspecified atom stereocenters. The molecule has 0 aromatic heterocycles. The summed E-state index contributed by atoms with van der Waals surface area (Å²) in [5.74, 6) is -0.470. The Balaban J connectivity index is 1.60. The third-order valence-electron chi connectivity index (χ3n) is 4.79. The Bertz CT molecular complexity index is 726. The van der Waals surface area contributed by atoms with Crippen LogP contribution in [0.3, 0.4) is 0 Å². The van der Waals surface area contributed by atoms with Crippen LogP contribution in [0.5, 0.6) is 0 Å². The highest BCUT2D eigenvalue weighted by atomic mass is 35.5. The molecule has 166 valence electrons. The highest BCUT2D eigenvalue weighted by Gasteiger charge is 2.22. The molecule has 0 fully saturated rings. The van der Waals surface area contributed by atoms with Crippen molar-refractivity contribution in [1.82, 2.24) is 10.6 Å². The third kappa shape index (κ3) is 8.74. The summed E-state index contributed by atoms with van der Waals surface area (Å²) < 4.78 is 0. The van der Waals surface area contributed by atoms with Crippen LogP contribution in [0.2, 0.25) is 10.0 Å². The quantitative estimate of drug-likeness (QED) is 0.372. The molecule has 1 aromatic rings. The number of carboxylic acid groups (broad SMARTS) is 1. The number of thioether (sulfide) groups is 1. The molecule has 3 N–H and O–H groups in total. The van der Waals surface area contributed by atoms with Crippen molar-refractivity contribution in [3.05, 3.63) is 33.8 Å². The minimum atomic E-state index is -1.05. The minimum Gasteiger partial charge on any atom is -0.480 e. The van der Waals surface area contributed by atoms with E-state index < -0.39 is 17.9 Å². The van der Waals surface area contributed by atoms with Gasteiger partial charge in [-0.1, -0.05) is 73.1 Å². The van der Waals surface area contributed by atoms with Crippen molar-refractivity contribution in [2.75, 3.05) is 18.8 Å². The Morgan fingerprint density at radius 3 is 2.40 bits per heavy atom. The number of amidine groups is 1. The first-order valence-corrected chi connectivity index (χ1v) is 12.1. The van der Waals surface area contributed by atoms with Crippen molar-refractivity contribution >= 4 is 52.0 Å². The number of carbonyl (C=O) groups excluding carboxylic acids is 1.